The van der Waals surface area contributed by atoms with Gasteiger partial charge in [-0.15, -0.1) is 0 Å². The highest BCUT2D eigenvalue weighted by Crippen LogP contribution is 2.31. The van der Waals surface area contributed by atoms with Gasteiger partial charge in [0, 0.05) is 12.1 Å². The SMILES string of the molecule is CCCCN(C)C1CCC1CNC(C)C. The van der Waals surface area contributed by atoms with Crippen LogP contribution in [0, 0.1) is 5.92 Å². The second kappa shape index (κ2) is 6.49. The Kier molecular flexibility index (Phi) is 5.62. The highest BCUT2D eigenvalue weighted by molar-refractivity contribution is 4.89. The van der Waals surface area contributed by atoms with Gasteiger partial charge in [-0.05, 0) is 45.3 Å². The highest BCUT2D eigenvalue weighted by Gasteiger charge is 2.33. The first kappa shape index (κ1) is 13.0. The lowest BCUT2D eigenvalue weighted by molar-refractivity contribution is 0.0814. The van der Waals surface area contributed by atoms with Crippen LogP contribution in [0.3, 0.4) is 0 Å². The number of unbranched alkanes of at least 4 members (excludes halogenated alkanes) is 1. The van der Waals surface area contributed by atoms with Gasteiger partial charge < -0.3 is 10.2 Å². The largest absolute Gasteiger partial charge is 0.314 e. The maximum absolute atomic E-state index is 3.56. The van der Waals surface area contributed by atoms with Crippen molar-refractivity contribution in [2.24, 2.45) is 5.92 Å². The second-order valence-electron chi connectivity index (χ2n) is 5.30. The van der Waals surface area contributed by atoms with Gasteiger partial charge in [0.05, 0.1) is 0 Å². The van der Waals surface area contributed by atoms with Crippen molar-refractivity contribution in [1.29, 1.82) is 0 Å². The van der Waals surface area contributed by atoms with Gasteiger partial charge in [-0.25, -0.2) is 0 Å². The number of hydrogen-bond donors (Lipinski definition) is 1. The molecule has 1 fully saturated rings. The Balaban J connectivity index is 2.18. The fourth-order valence-corrected chi connectivity index (χ4v) is 2.33. The molecule has 2 unspecified atom stereocenters. The molecule has 1 rings (SSSR count). The number of rotatable bonds is 7. The smallest absolute Gasteiger partial charge is 0.0133 e. The van der Waals surface area contributed by atoms with Crippen LogP contribution in [0.15, 0.2) is 0 Å². The van der Waals surface area contributed by atoms with E-state index in [-0.39, 0.29) is 0 Å². The molecule has 1 N–H and O–H groups in total. The first-order valence-electron chi connectivity index (χ1n) is 6.58. The first-order chi connectivity index (χ1) is 7.15. The molecule has 15 heavy (non-hydrogen) atoms. The Morgan fingerprint density at radius 3 is 2.53 bits per heavy atom. The molecule has 2 nitrogen and oxygen atoms in total. The van der Waals surface area contributed by atoms with Crippen molar-refractivity contribution in [2.75, 3.05) is 20.1 Å². The van der Waals surface area contributed by atoms with Crippen LogP contribution in [0.5, 0.6) is 0 Å². The molecule has 1 saturated carbocycles. The summed E-state index contributed by atoms with van der Waals surface area (Å²) in [7, 11) is 2.29. The van der Waals surface area contributed by atoms with Crippen molar-refractivity contribution in [3.63, 3.8) is 0 Å². The molecule has 0 aromatic carbocycles. The summed E-state index contributed by atoms with van der Waals surface area (Å²) in [4.78, 5) is 2.57. The van der Waals surface area contributed by atoms with Crippen molar-refractivity contribution in [1.82, 2.24) is 10.2 Å². The van der Waals surface area contributed by atoms with Gasteiger partial charge in [0.1, 0.15) is 0 Å². The van der Waals surface area contributed by atoms with E-state index in [0.29, 0.717) is 6.04 Å². The Morgan fingerprint density at radius 1 is 1.33 bits per heavy atom. The molecule has 0 aromatic heterocycles. The van der Waals surface area contributed by atoms with Crippen LogP contribution in [-0.2, 0) is 0 Å². The lowest BCUT2D eigenvalue weighted by Crippen LogP contribution is -2.49. The third-order valence-corrected chi connectivity index (χ3v) is 3.60. The van der Waals surface area contributed by atoms with Crippen LogP contribution in [0.2, 0.25) is 0 Å². The Morgan fingerprint density at radius 2 is 2.07 bits per heavy atom. The maximum atomic E-state index is 3.56. The fourth-order valence-electron chi connectivity index (χ4n) is 2.33. The zero-order valence-electron chi connectivity index (χ0n) is 10.9. The summed E-state index contributed by atoms with van der Waals surface area (Å²) in [5.74, 6) is 0.897. The van der Waals surface area contributed by atoms with Gasteiger partial charge in [0.2, 0.25) is 0 Å². The van der Waals surface area contributed by atoms with E-state index in [1.54, 1.807) is 0 Å². The standard InChI is InChI=1S/C13H28N2/c1-5-6-9-15(4)13-8-7-12(13)10-14-11(2)3/h11-14H,5-10H2,1-4H3. The van der Waals surface area contributed by atoms with Crippen LogP contribution in [-0.4, -0.2) is 37.1 Å². The fraction of sp³-hybridized carbons (Fsp3) is 1.00. The third kappa shape index (κ3) is 4.12. The van der Waals surface area contributed by atoms with Crippen LogP contribution in [0.1, 0.15) is 46.5 Å². The Bertz CT molecular complexity index is 168. The van der Waals surface area contributed by atoms with E-state index in [1.165, 1.54) is 38.8 Å². The summed E-state index contributed by atoms with van der Waals surface area (Å²) >= 11 is 0. The van der Waals surface area contributed by atoms with E-state index in [1.807, 2.05) is 0 Å². The predicted octanol–water partition coefficient (Wildman–Crippen LogP) is 2.49. The van der Waals surface area contributed by atoms with E-state index >= 15 is 0 Å². The molecule has 1 aliphatic rings. The minimum absolute atomic E-state index is 0.632. The summed E-state index contributed by atoms with van der Waals surface area (Å²) in [5.41, 5.74) is 0. The average molecular weight is 212 g/mol. The van der Waals surface area contributed by atoms with E-state index in [9.17, 15) is 0 Å². The van der Waals surface area contributed by atoms with Crippen LogP contribution in [0.4, 0.5) is 0 Å². The van der Waals surface area contributed by atoms with Gasteiger partial charge in [-0.3, -0.25) is 0 Å². The summed E-state index contributed by atoms with van der Waals surface area (Å²) < 4.78 is 0. The van der Waals surface area contributed by atoms with Gasteiger partial charge in [-0.1, -0.05) is 27.2 Å². The highest BCUT2D eigenvalue weighted by atomic mass is 15.1. The number of nitrogens with zero attached hydrogens (tertiary/aromatic N) is 1. The normalized spacial score (nSPS) is 26.0. The molecule has 0 bridgehead atoms. The zero-order valence-corrected chi connectivity index (χ0v) is 10.9. The van der Waals surface area contributed by atoms with Crippen molar-refractivity contribution in [3.8, 4) is 0 Å². The minimum Gasteiger partial charge on any atom is -0.314 e. The van der Waals surface area contributed by atoms with Gasteiger partial charge >= 0.3 is 0 Å². The molecule has 0 radical (unpaired) electrons. The molecule has 0 aliphatic heterocycles. The monoisotopic (exact) mass is 212 g/mol. The first-order valence-corrected chi connectivity index (χ1v) is 6.58. The quantitative estimate of drug-likeness (QED) is 0.697. The lowest BCUT2D eigenvalue weighted by atomic mass is 9.78. The molecule has 0 amide bonds. The van der Waals surface area contributed by atoms with E-state index in [4.69, 9.17) is 0 Å². The van der Waals surface area contributed by atoms with Crippen molar-refractivity contribution in [2.45, 2.75) is 58.5 Å². The number of nitrogens with one attached hydrogen (secondary N) is 1. The van der Waals surface area contributed by atoms with E-state index < -0.39 is 0 Å². The van der Waals surface area contributed by atoms with Crippen molar-refractivity contribution < 1.29 is 0 Å². The summed E-state index contributed by atoms with van der Waals surface area (Å²) in [6.07, 6.45) is 5.48. The topological polar surface area (TPSA) is 15.3 Å². The van der Waals surface area contributed by atoms with E-state index in [0.717, 1.165) is 12.0 Å². The van der Waals surface area contributed by atoms with Gasteiger partial charge in [-0.2, -0.15) is 0 Å². The molecule has 2 atom stereocenters. The van der Waals surface area contributed by atoms with Gasteiger partial charge in [0.15, 0.2) is 0 Å². The van der Waals surface area contributed by atoms with Crippen LogP contribution >= 0.6 is 0 Å². The molecule has 0 aromatic rings. The molecule has 2 heteroatoms. The van der Waals surface area contributed by atoms with Crippen LogP contribution < -0.4 is 5.32 Å². The molecule has 0 spiro atoms. The van der Waals surface area contributed by atoms with E-state index in [2.05, 4.69) is 38.0 Å². The predicted molar refractivity (Wildman–Crippen MR) is 67.2 cm³/mol. The second-order valence-corrected chi connectivity index (χ2v) is 5.30. The molecule has 0 saturated heterocycles. The maximum Gasteiger partial charge on any atom is 0.0133 e. The van der Waals surface area contributed by atoms with Crippen molar-refractivity contribution in [3.05, 3.63) is 0 Å². The number of hydrogen-bond acceptors (Lipinski definition) is 2. The zero-order chi connectivity index (χ0) is 11.3. The molecular weight excluding hydrogens is 184 g/mol. The Hall–Kier alpha value is -0.0800. The van der Waals surface area contributed by atoms with Gasteiger partial charge in [0.25, 0.3) is 0 Å². The molecule has 1 aliphatic carbocycles. The summed E-state index contributed by atoms with van der Waals surface area (Å²) in [5, 5.41) is 3.56. The third-order valence-electron chi connectivity index (χ3n) is 3.60. The lowest BCUT2D eigenvalue weighted by Gasteiger charge is -2.43. The summed E-state index contributed by atoms with van der Waals surface area (Å²) in [6.45, 7) is 9.22. The van der Waals surface area contributed by atoms with Crippen molar-refractivity contribution >= 4 is 0 Å². The summed E-state index contributed by atoms with van der Waals surface area (Å²) in [6, 6.07) is 1.48. The molecule has 90 valence electrons. The molecule has 0 heterocycles. The average Bonchev–Trinajstić information content (AvgIpc) is 2.12. The minimum atomic E-state index is 0.632. The molecular formula is C13H28N2. The Labute approximate surface area is 95.4 Å². The van der Waals surface area contributed by atoms with Crippen LogP contribution in [0.25, 0.3) is 0 Å².